The maximum absolute atomic E-state index is 5.37. The molecule has 0 amide bonds. The number of likely N-dealkylation sites (N-methyl/N-ethyl adjacent to an activating group) is 2. The van der Waals surface area contributed by atoms with Crippen molar-refractivity contribution in [1.29, 1.82) is 0 Å². The summed E-state index contributed by atoms with van der Waals surface area (Å²) >= 11 is 0. The second kappa shape index (κ2) is 8.09. The highest BCUT2D eigenvalue weighted by Gasteiger charge is 2.07. The van der Waals surface area contributed by atoms with E-state index < -0.39 is 0 Å². The molecule has 96 valence electrons. The summed E-state index contributed by atoms with van der Waals surface area (Å²) in [4.78, 5) is 2.42. The second-order valence-electron chi connectivity index (χ2n) is 4.03. The van der Waals surface area contributed by atoms with Crippen molar-refractivity contribution < 1.29 is 4.74 Å². The molecule has 0 aliphatic carbocycles. The van der Waals surface area contributed by atoms with Gasteiger partial charge in [-0.05, 0) is 19.2 Å². The van der Waals surface area contributed by atoms with E-state index in [-0.39, 0.29) is 0 Å². The first kappa shape index (κ1) is 14.0. The van der Waals surface area contributed by atoms with Gasteiger partial charge in [-0.25, -0.2) is 0 Å². The zero-order valence-corrected chi connectivity index (χ0v) is 11.2. The van der Waals surface area contributed by atoms with Crippen molar-refractivity contribution in [3.05, 3.63) is 29.8 Å². The molecule has 1 rings (SSSR count). The van der Waals surface area contributed by atoms with E-state index in [1.807, 2.05) is 12.1 Å². The Morgan fingerprint density at radius 2 is 2.00 bits per heavy atom. The van der Waals surface area contributed by atoms with Gasteiger partial charge in [-0.15, -0.1) is 0 Å². The molecule has 0 aliphatic rings. The maximum Gasteiger partial charge on any atom is 0.123 e. The van der Waals surface area contributed by atoms with E-state index >= 15 is 0 Å². The SMILES string of the molecule is CCNCCN(CC)Cc1ccccc1OC. The maximum atomic E-state index is 5.37. The van der Waals surface area contributed by atoms with Gasteiger partial charge in [0.2, 0.25) is 0 Å². The minimum absolute atomic E-state index is 0.950. The van der Waals surface area contributed by atoms with E-state index in [9.17, 15) is 0 Å². The molecule has 0 radical (unpaired) electrons. The van der Waals surface area contributed by atoms with Crippen molar-refractivity contribution in [2.45, 2.75) is 20.4 Å². The number of nitrogens with one attached hydrogen (secondary N) is 1. The van der Waals surface area contributed by atoms with Gasteiger partial charge in [-0.1, -0.05) is 32.0 Å². The van der Waals surface area contributed by atoms with Crippen LogP contribution < -0.4 is 10.1 Å². The minimum Gasteiger partial charge on any atom is -0.496 e. The Balaban J connectivity index is 2.54. The van der Waals surface area contributed by atoms with Crippen molar-refractivity contribution in [1.82, 2.24) is 10.2 Å². The fourth-order valence-corrected chi connectivity index (χ4v) is 1.84. The highest BCUT2D eigenvalue weighted by atomic mass is 16.5. The average Bonchev–Trinajstić information content (AvgIpc) is 2.38. The molecule has 0 saturated heterocycles. The highest BCUT2D eigenvalue weighted by Crippen LogP contribution is 2.18. The van der Waals surface area contributed by atoms with Crippen molar-refractivity contribution in [3.8, 4) is 5.75 Å². The lowest BCUT2D eigenvalue weighted by molar-refractivity contribution is 0.274. The Bertz CT molecular complexity index is 315. The van der Waals surface area contributed by atoms with Gasteiger partial charge >= 0.3 is 0 Å². The fourth-order valence-electron chi connectivity index (χ4n) is 1.84. The van der Waals surface area contributed by atoms with E-state index in [2.05, 4.69) is 36.2 Å². The molecule has 1 N–H and O–H groups in total. The molecule has 0 fully saturated rings. The Morgan fingerprint density at radius 1 is 1.24 bits per heavy atom. The van der Waals surface area contributed by atoms with Gasteiger partial charge in [0.25, 0.3) is 0 Å². The molecule has 0 spiro atoms. The molecule has 17 heavy (non-hydrogen) atoms. The number of para-hydroxylation sites is 1. The lowest BCUT2D eigenvalue weighted by Gasteiger charge is -2.21. The second-order valence-corrected chi connectivity index (χ2v) is 4.03. The number of benzene rings is 1. The molecule has 1 aromatic rings. The predicted octanol–water partition coefficient (Wildman–Crippen LogP) is 2.13. The summed E-state index contributed by atoms with van der Waals surface area (Å²) in [5.74, 6) is 0.981. The van der Waals surface area contributed by atoms with Crippen LogP contribution in [-0.4, -0.2) is 38.2 Å². The Hall–Kier alpha value is -1.06. The third-order valence-corrected chi connectivity index (χ3v) is 2.89. The number of methoxy groups -OCH3 is 1. The highest BCUT2D eigenvalue weighted by molar-refractivity contribution is 5.33. The van der Waals surface area contributed by atoms with Gasteiger partial charge in [0.1, 0.15) is 5.75 Å². The quantitative estimate of drug-likeness (QED) is 0.700. The largest absolute Gasteiger partial charge is 0.496 e. The van der Waals surface area contributed by atoms with E-state index in [4.69, 9.17) is 4.74 Å². The number of ether oxygens (including phenoxy) is 1. The van der Waals surface area contributed by atoms with Gasteiger partial charge in [-0.3, -0.25) is 4.90 Å². The van der Waals surface area contributed by atoms with Gasteiger partial charge in [0.05, 0.1) is 7.11 Å². The molecule has 3 heteroatoms. The van der Waals surface area contributed by atoms with Crippen LogP contribution in [0.5, 0.6) is 5.75 Å². The van der Waals surface area contributed by atoms with Gasteiger partial charge in [0.15, 0.2) is 0 Å². The van der Waals surface area contributed by atoms with Crippen molar-refractivity contribution in [2.75, 3.05) is 33.3 Å². The number of rotatable bonds is 8. The van der Waals surface area contributed by atoms with E-state index in [0.717, 1.165) is 38.5 Å². The molecule has 0 bridgehead atoms. The van der Waals surface area contributed by atoms with Crippen LogP contribution >= 0.6 is 0 Å². The van der Waals surface area contributed by atoms with Crippen molar-refractivity contribution in [3.63, 3.8) is 0 Å². The van der Waals surface area contributed by atoms with Crippen molar-refractivity contribution in [2.24, 2.45) is 0 Å². The molecule has 0 aliphatic heterocycles. The molecule has 0 heterocycles. The first-order valence-electron chi connectivity index (χ1n) is 6.36. The molecular formula is C14H24N2O. The Kier molecular flexibility index (Phi) is 6.67. The average molecular weight is 236 g/mol. The Morgan fingerprint density at radius 3 is 2.65 bits per heavy atom. The topological polar surface area (TPSA) is 24.5 Å². The van der Waals surface area contributed by atoms with Crippen molar-refractivity contribution >= 4 is 0 Å². The standard InChI is InChI=1S/C14H24N2O/c1-4-15-10-11-16(5-2)12-13-8-6-7-9-14(13)17-3/h6-9,15H,4-5,10-12H2,1-3H3. The molecule has 0 aromatic heterocycles. The van der Waals surface area contributed by atoms with Crippen LogP contribution in [0.2, 0.25) is 0 Å². The minimum atomic E-state index is 0.950. The molecular weight excluding hydrogens is 212 g/mol. The summed E-state index contributed by atoms with van der Waals surface area (Å²) in [5, 5.41) is 3.35. The molecule has 0 saturated carbocycles. The zero-order valence-electron chi connectivity index (χ0n) is 11.2. The summed E-state index contributed by atoms with van der Waals surface area (Å²) in [6.45, 7) is 9.49. The van der Waals surface area contributed by atoms with Gasteiger partial charge < -0.3 is 10.1 Å². The zero-order chi connectivity index (χ0) is 12.5. The van der Waals surface area contributed by atoms with Crippen LogP contribution in [0.15, 0.2) is 24.3 Å². The molecule has 1 aromatic carbocycles. The lowest BCUT2D eigenvalue weighted by Crippen LogP contribution is -2.31. The van der Waals surface area contributed by atoms with Gasteiger partial charge in [0, 0.05) is 25.2 Å². The number of hydrogen-bond acceptors (Lipinski definition) is 3. The summed E-state index contributed by atoms with van der Waals surface area (Å²) in [7, 11) is 1.73. The first-order valence-corrected chi connectivity index (χ1v) is 6.36. The summed E-state index contributed by atoms with van der Waals surface area (Å²) in [6.07, 6.45) is 0. The smallest absolute Gasteiger partial charge is 0.123 e. The van der Waals surface area contributed by atoms with E-state index in [1.54, 1.807) is 7.11 Å². The number of nitrogens with zero attached hydrogens (tertiary/aromatic N) is 1. The van der Waals surface area contributed by atoms with Crippen LogP contribution in [0.1, 0.15) is 19.4 Å². The van der Waals surface area contributed by atoms with Crippen LogP contribution in [0.3, 0.4) is 0 Å². The summed E-state index contributed by atoms with van der Waals surface area (Å²) in [5.41, 5.74) is 1.26. The number of hydrogen-bond donors (Lipinski definition) is 1. The third kappa shape index (κ3) is 4.75. The lowest BCUT2D eigenvalue weighted by atomic mass is 10.2. The third-order valence-electron chi connectivity index (χ3n) is 2.89. The first-order chi connectivity index (χ1) is 8.31. The van der Waals surface area contributed by atoms with E-state index in [0.29, 0.717) is 0 Å². The molecule has 3 nitrogen and oxygen atoms in total. The van der Waals surface area contributed by atoms with Crippen LogP contribution in [0.4, 0.5) is 0 Å². The summed E-state index contributed by atoms with van der Waals surface area (Å²) < 4.78 is 5.37. The Labute approximate surface area is 105 Å². The van der Waals surface area contributed by atoms with Crippen LogP contribution in [0.25, 0.3) is 0 Å². The van der Waals surface area contributed by atoms with E-state index in [1.165, 1.54) is 5.56 Å². The molecule has 0 unspecified atom stereocenters. The predicted molar refractivity (Wildman–Crippen MR) is 72.5 cm³/mol. The monoisotopic (exact) mass is 236 g/mol. The van der Waals surface area contributed by atoms with Crippen LogP contribution in [-0.2, 0) is 6.54 Å². The fraction of sp³-hybridized carbons (Fsp3) is 0.571. The van der Waals surface area contributed by atoms with Gasteiger partial charge in [-0.2, -0.15) is 0 Å². The summed E-state index contributed by atoms with van der Waals surface area (Å²) in [6, 6.07) is 8.23. The van der Waals surface area contributed by atoms with Crippen LogP contribution in [0, 0.1) is 0 Å². The normalized spacial score (nSPS) is 10.8. The molecule has 0 atom stereocenters.